The van der Waals surface area contributed by atoms with Crippen LogP contribution in [0.15, 0.2) is 10.6 Å². The Morgan fingerprint density at radius 1 is 1.48 bits per heavy atom. The number of primary amides is 1. The highest BCUT2D eigenvalue weighted by molar-refractivity contribution is 6.04. The number of halogens is 1. The number of nitrogens with two attached hydrogens (primary N) is 1. The molecule has 1 aromatic carbocycles. The van der Waals surface area contributed by atoms with Crippen molar-refractivity contribution in [2.24, 2.45) is 5.73 Å². The number of morpholine rings is 1. The van der Waals surface area contributed by atoms with Gasteiger partial charge in [-0.1, -0.05) is 5.16 Å². The number of hydrogen-bond donors (Lipinski definition) is 2. The number of anilines is 1. The highest BCUT2D eigenvalue weighted by atomic mass is 19.1. The van der Waals surface area contributed by atoms with Crippen LogP contribution < -0.4 is 10.6 Å². The Morgan fingerprint density at radius 3 is 2.70 bits per heavy atom. The van der Waals surface area contributed by atoms with Gasteiger partial charge in [0.25, 0.3) is 5.91 Å². The molecule has 3 N–H and O–H groups in total. The second-order valence-corrected chi connectivity index (χ2v) is 5.79. The average molecular weight is 323 g/mol. The lowest BCUT2D eigenvalue weighted by molar-refractivity contribution is -0.00550. The average Bonchev–Trinajstić information content (AvgIpc) is 2.90. The third kappa shape index (κ3) is 2.64. The number of fused-ring (bicyclic) bond motifs is 1. The molecular weight excluding hydrogens is 305 g/mol. The molecule has 23 heavy (non-hydrogen) atoms. The quantitative estimate of drug-likeness (QED) is 0.879. The number of carbonyl (C=O) groups is 1. The summed E-state index contributed by atoms with van der Waals surface area (Å²) in [6.07, 6.45) is -0.146. The molecule has 7 nitrogen and oxygen atoms in total. The molecule has 1 fully saturated rings. The molecule has 8 heteroatoms. The smallest absolute Gasteiger partial charge is 0.271 e. The van der Waals surface area contributed by atoms with E-state index in [0.717, 1.165) is 0 Å². The van der Waals surface area contributed by atoms with Crippen molar-refractivity contribution in [1.29, 1.82) is 0 Å². The van der Waals surface area contributed by atoms with Gasteiger partial charge in [0.2, 0.25) is 5.58 Å². The first kappa shape index (κ1) is 15.7. The minimum absolute atomic E-state index is 0.0729. The lowest BCUT2D eigenvalue weighted by Crippen LogP contribution is -2.46. The molecule has 1 aromatic heterocycles. The second kappa shape index (κ2) is 5.78. The van der Waals surface area contributed by atoms with E-state index in [1.54, 1.807) is 0 Å². The molecule has 2 atom stereocenters. The molecule has 0 saturated carbocycles. The molecule has 1 aliphatic heterocycles. The Hall–Kier alpha value is -2.19. The number of aromatic nitrogens is 1. The van der Waals surface area contributed by atoms with Crippen molar-refractivity contribution in [2.45, 2.75) is 32.7 Å². The van der Waals surface area contributed by atoms with Gasteiger partial charge in [-0.15, -0.1) is 0 Å². The molecule has 0 spiro atoms. The maximum atomic E-state index is 15.0. The minimum atomic E-state index is -0.812. The first-order valence-electron chi connectivity index (χ1n) is 7.34. The molecule has 1 amide bonds. The van der Waals surface area contributed by atoms with E-state index < -0.39 is 11.7 Å². The number of aliphatic hydroxyl groups is 1. The maximum absolute atomic E-state index is 15.0. The van der Waals surface area contributed by atoms with Crippen molar-refractivity contribution in [1.82, 2.24) is 5.16 Å². The summed E-state index contributed by atoms with van der Waals surface area (Å²) in [6.45, 7) is 4.38. The van der Waals surface area contributed by atoms with Gasteiger partial charge in [0.1, 0.15) is 0 Å². The topological polar surface area (TPSA) is 102 Å². The second-order valence-electron chi connectivity index (χ2n) is 5.79. The highest BCUT2D eigenvalue weighted by Gasteiger charge is 2.29. The summed E-state index contributed by atoms with van der Waals surface area (Å²) in [7, 11) is 0. The Kier molecular flexibility index (Phi) is 3.95. The van der Waals surface area contributed by atoms with Crippen molar-refractivity contribution in [3.8, 4) is 0 Å². The zero-order chi connectivity index (χ0) is 16.7. The van der Waals surface area contributed by atoms with Crippen LogP contribution >= 0.6 is 0 Å². The summed E-state index contributed by atoms with van der Waals surface area (Å²) >= 11 is 0. The zero-order valence-corrected chi connectivity index (χ0v) is 12.9. The van der Waals surface area contributed by atoms with E-state index in [1.165, 1.54) is 6.07 Å². The molecule has 0 aliphatic carbocycles. The molecule has 1 aliphatic rings. The Bertz CT molecular complexity index is 751. The molecule has 1 saturated heterocycles. The van der Waals surface area contributed by atoms with Crippen LogP contribution in [-0.4, -0.2) is 41.5 Å². The molecule has 3 rings (SSSR count). The Morgan fingerprint density at radius 2 is 2.13 bits per heavy atom. The number of carbonyl (C=O) groups excluding carboxylic acids is 1. The summed E-state index contributed by atoms with van der Waals surface area (Å²) in [6, 6.07) is 1.50. The van der Waals surface area contributed by atoms with Crippen molar-refractivity contribution < 1.29 is 23.6 Å². The van der Waals surface area contributed by atoms with Gasteiger partial charge in [-0.2, -0.15) is 0 Å². The number of rotatable bonds is 3. The van der Waals surface area contributed by atoms with Gasteiger partial charge in [-0.25, -0.2) is 4.39 Å². The molecule has 0 radical (unpaired) electrons. The summed E-state index contributed by atoms with van der Waals surface area (Å²) in [5.41, 5.74) is 5.51. The number of amides is 1. The highest BCUT2D eigenvalue weighted by Crippen LogP contribution is 2.34. The fraction of sp³-hybridized carbons (Fsp3) is 0.467. The van der Waals surface area contributed by atoms with Crippen LogP contribution in [0.2, 0.25) is 0 Å². The largest absolute Gasteiger partial charge is 0.392 e. The van der Waals surface area contributed by atoms with Crippen molar-refractivity contribution in [2.75, 3.05) is 18.0 Å². The minimum Gasteiger partial charge on any atom is -0.392 e. The van der Waals surface area contributed by atoms with Crippen molar-refractivity contribution >= 4 is 22.6 Å². The van der Waals surface area contributed by atoms with E-state index in [2.05, 4.69) is 5.16 Å². The number of nitrogens with zero attached hydrogens (tertiary/aromatic N) is 2. The lowest BCUT2D eigenvalue weighted by atomic mass is 10.1. The standard InChI is InChI=1S/C15H18FN3O4/c1-7-4-19(5-8(2)22-7)13-9(6-20)3-10-12(15(17)21)18-23-14(10)11(13)16/h3,7-8,20H,4-6H2,1-2H3,(H2,17,21)/t7-,8-/m1/s1. The summed E-state index contributed by atoms with van der Waals surface area (Å²) < 4.78 is 25.6. The van der Waals surface area contributed by atoms with Gasteiger partial charge in [0.15, 0.2) is 11.5 Å². The maximum Gasteiger partial charge on any atom is 0.271 e. The van der Waals surface area contributed by atoms with Crippen LogP contribution in [0.3, 0.4) is 0 Å². The monoisotopic (exact) mass is 323 g/mol. The van der Waals surface area contributed by atoms with E-state index in [-0.39, 0.29) is 41.2 Å². The van der Waals surface area contributed by atoms with Gasteiger partial charge in [-0.3, -0.25) is 4.79 Å². The summed E-state index contributed by atoms with van der Waals surface area (Å²) in [5.74, 6) is -1.47. The van der Waals surface area contributed by atoms with Gasteiger partial charge in [-0.05, 0) is 19.9 Å². The third-order valence-electron chi connectivity index (χ3n) is 3.90. The third-order valence-corrected chi connectivity index (χ3v) is 3.90. The van der Waals surface area contributed by atoms with Crippen LogP contribution in [0.4, 0.5) is 10.1 Å². The molecular formula is C15H18FN3O4. The first-order chi connectivity index (χ1) is 10.9. The van der Waals surface area contributed by atoms with Crippen molar-refractivity contribution in [3.63, 3.8) is 0 Å². The fourth-order valence-electron chi connectivity index (χ4n) is 3.08. The molecule has 0 unspecified atom stereocenters. The van der Waals surface area contributed by atoms with Crippen LogP contribution in [-0.2, 0) is 11.3 Å². The number of benzene rings is 1. The number of ether oxygens (including phenoxy) is 1. The van der Waals surface area contributed by atoms with Gasteiger partial charge >= 0.3 is 0 Å². The van der Waals surface area contributed by atoms with Gasteiger partial charge in [0, 0.05) is 18.7 Å². The van der Waals surface area contributed by atoms with E-state index in [9.17, 15) is 14.3 Å². The van der Waals surface area contributed by atoms with E-state index in [1.807, 2.05) is 18.7 Å². The molecule has 124 valence electrons. The summed E-state index contributed by atoms with van der Waals surface area (Å²) in [5, 5.41) is 13.3. The molecule has 0 bridgehead atoms. The van der Waals surface area contributed by atoms with Crippen molar-refractivity contribution in [3.05, 3.63) is 23.1 Å². The SMILES string of the molecule is C[C@@H]1CN(c2c(CO)cc3c(C(N)=O)noc3c2F)C[C@@H](C)O1. The molecule has 2 aromatic rings. The van der Waals surface area contributed by atoms with E-state index in [0.29, 0.717) is 18.7 Å². The number of hydrogen-bond acceptors (Lipinski definition) is 6. The predicted molar refractivity (Wildman–Crippen MR) is 80.6 cm³/mol. The van der Waals surface area contributed by atoms with E-state index in [4.69, 9.17) is 15.0 Å². The predicted octanol–water partition coefficient (Wildman–Crippen LogP) is 1.17. The van der Waals surface area contributed by atoms with Crippen LogP contribution in [0.25, 0.3) is 11.0 Å². The molecule has 2 heterocycles. The fourth-order valence-corrected chi connectivity index (χ4v) is 3.08. The van der Waals surface area contributed by atoms with Gasteiger partial charge < -0.3 is 25.0 Å². The van der Waals surface area contributed by atoms with Crippen LogP contribution in [0.1, 0.15) is 29.9 Å². The Balaban J connectivity index is 2.16. The van der Waals surface area contributed by atoms with Crippen LogP contribution in [0, 0.1) is 5.82 Å². The van der Waals surface area contributed by atoms with Gasteiger partial charge in [0.05, 0.1) is 29.9 Å². The normalized spacial score (nSPS) is 21.8. The summed E-state index contributed by atoms with van der Waals surface area (Å²) in [4.78, 5) is 13.2. The van der Waals surface area contributed by atoms with E-state index >= 15 is 0 Å². The lowest BCUT2D eigenvalue weighted by Gasteiger charge is -2.37. The number of aliphatic hydroxyl groups excluding tert-OH is 1. The Labute approximate surface area is 131 Å². The van der Waals surface area contributed by atoms with Crippen LogP contribution in [0.5, 0.6) is 0 Å². The zero-order valence-electron chi connectivity index (χ0n) is 12.9. The first-order valence-corrected chi connectivity index (χ1v) is 7.34.